The maximum Gasteiger partial charge on any atom is 0.259 e. The van der Waals surface area contributed by atoms with E-state index in [2.05, 4.69) is 10.3 Å². The first-order valence-corrected chi connectivity index (χ1v) is 12.8. The number of nitrogens with zero attached hydrogens (tertiary/aromatic N) is 2. The molecule has 0 radical (unpaired) electrons. The van der Waals surface area contributed by atoms with Gasteiger partial charge in [0.25, 0.3) is 5.75 Å². The van der Waals surface area contributed by atoms with Crippen molar-refractivity contribution in [2.24, 2.45) is 17.6 Å². The number of nitrogens with one attached hydrogen (secondary N) is 1. The van der Waals surface area contributed by atoms with Crippen LogP contribution in [-0.2, 0) is 16.1 Å². The van der Waals surface area contributed by atoms with Crippen LogP contribution in [0.5, 0.6) is 5.75 Å². The van der Waals surface area contributed by atoms with E-state index in [1.807, 2.05) is 32.9 Å². The highest BCUT2D eigenvalue weighted by Gasteiger charge is 2.39. The Labute approximate surface area is 210 Å². The van der Waals surface area contributed by atoms with Gasteiger partial charge in [-0.2, -0.15) is 0 Å². The van der Waals surface area contributed by atoms with Gasteiger partial charge in [0, 0.05) is 23.7 Å². The number of rotatable bonds is 8. The third-order valence-corrected chi connectivity index (χ3v) is 7.16. The first-order valence-electron chi connectivity index (χ1n) is 11.9. The molecule has 190 valence electrons. The molecule has 2 atom stereocenters. The van der Waals surface area contributed by atoms with Gasteiger partial charge in [0.15, 0.2) is 0 Å². The Morgan fingerprint density at radius 3 is 2.69 bits per heavy atom. The lowest BCUT2D eigenvalue weighted by Crippen LogP contribution is -2.49. The van der Waals surface area contributed by atoms with Crippen LogP contribution in [-0.4, -0.2) is 50.0 Å². The van der Waals surface area contributed by atoms with E-state index in [9.17, 15) is 14.7 Å². The summed E-state index contributed by atoms with van der Waals surface area (Å²) in [4.78, 5) is 33.3. The average molecular weight is 502 g/mol. The van der Waals surface area contributed by atoms with Crippen molar-refractivity contribution in [2.75, 3.05) is 6.54 Å². The molecular formula is C26H37N4O4S+. The van der Waals surface area contributed by atoms with Crippen LogP contribution in [0.2, 0.25) is 0 Å². The second kappa shape index (κ2) is 10.8. The lowest BCUT2D eigenvalue weighted by atomic mass is 9.89. The Balaban J connectivity index is 1.70. The monoisotopic (exact) mass is 501 g/mol. The summed E-state index contributed by atoms with van der Waals surface area (Å²) < 4.78 is 0. The second-order valence-corrected chi connectivity index (χ2v) is 11.0. The number of aromatic nitrogens is 1. The largest absolute Gasteiger partial charge is 0.593 e. The molecule has 2 heterocycles. The van der Waals surface area contributed by atoms with Crippen molar-refractivity contribution in [3.63, 3.8) is 0 Å². The molecule has 35 heavy (non-hydrogen) atoms. The quantitative estimate of drug-likeness (QED) is 0.376. The van der Waals surface area contributed by atoms with Gasteiger partial charge in [-0.3, -0.25) is 9.59 Å². The number of nitrogens with two attached hydrogens (primary N) is 1. The summed E-state index contributed by atoms with van der Waals surface area (Å²) in [6, 6.07) is 4.97. The normalized spacial score (nSPS) is 17.6. The molecule has 1 saturated heterocycles. The summed E-state index contributed by atoms with van der Waals surface area (Å²) in [6.07, 6.45) is 2.79. The molecule has 0 aliphatic carbocycles. The molecule has 2 aromatic rings. The summed E-state index contributed by atoms with van der Waals surface area (Å²) in [7, 11) is 0. The minimum absolute atomic E-state index is 0.0568. The van der Waals surface area contributed by atoms with Gasteiger partial charge in [0.05, 0.1) is 34.1 Å². The van der Waals surface area contributed by atoms with Gasteiger partial charge in [-0.1, -0.05) is 19.9 Å². The zero-order valence-corrected chi connectivity index (χ0v) is 21.9. The molecule has 2 amide bonds. The average Bonchev–Trinajstić information content (AvgIpc) is 3.40. The van der Waals surface area contributed by atoms with E-state index in [0.29, 0.717) is 30.7 Å². The Morgan fingerprint density at radius 2 is 2.11 bits per heavy atom. The Morgan fingerprint density at radius 1 is 1.40 bits per heavy atom. The Kier molecular flexibility index (Phi) is 8.22. The van der Waals surface area contributed by atoms with Crippen LogP contribution < -0.4 is 11.1 Å². The van der Waals surface area contributed by atoms with Crippen molar-refractivity contribution in [3.8, 4) is 16.2 Å². The van der Waals surface area contributed by atoms with E-state index in [1.54, 1.807) is 30.3 Å². The van der Waals surface area contributed by atoms with E-state index in [1.165, 1.54) is 17.4 Å². The van der Waals surface area contributed by atoms with Crippen LogP contribution in [0.1, 0.15) is 51.8 Å². The number of amides is 2. The molecule has 3 rings (SSSR count). The molecule has 1 aliphatic heterocycles. The fourth-order valence-corrected chi connectivity index (χ4v) is 5.26. The van der Waals surface area contributed by atoms with E-state index in [0.717, 1.165) is 16.1 Å². The number of carbonyl (C=O) groups is 2. The summed E-state index contributed by atoms with van der Waals surface area (Å²) in [5.41, 5.74) is 9.60. The van der Waals surface area contributed by atoms with Crippen LogP contribution in [0.25, 0.3) is 10.4 Å². The van der Waals surface area contributed by atoms with Crippen molar-refractivity contribution in [1.82, 2.24) is 15.2 Å². The zero-order valence-electron chi connectivity index (χ0n) is 21.1. The summed E-state index contributed by atoms with van der Waals surface area (Å²) in [5, 5.41) is 22.0. The standard InChI is InChI=1S/C26H36N4O4S/c1-15(2)22(21(32)12-26(4,5)27)25(34)30-10-6-7-19(30)24(33)28-13-18-9-8-17(11-20(18)31)23-16(3)29-14-35-23/h8-9,11-12,14-15,19,22,31-32H,6-7,10,13,27H2,1-5H3,(H,28,33)/p+1/b21-12-. The van der Waals surface area contributed by atoms with Crippen LogP contribution in [0.4, 0.5) is 0 Å². The molecule has 0 bridgehead atoms. The summed E-state index contributed by atoms with van der Waals surface area (Å²) in [6.45, 7) is 9.85. The van der Waals surface area contributed by atoms with Gasteiger partial charge in [0.1, 0.15) is 11.8 Å². The fraction of sp³-hybridized carbons (Fsp3) is 0.500. The van der Waals surface area contributed by atoms with Crippen molar-refractivity contribution < 1.29 is 19.8 Å². The first-order chi connectivity index (χ1) is 16.4. The van der Waals surface area contributed by atoms with Crippen LogP contribution in [0, 0.1) is 18.8 Å². The van der Waals surface area contributed by atoms with Crippen LogP contribution >= 0.6 is 11.3 Å². The maximum atomic E-state index is 13.4. The topological polar surface area (TPSA) is 131 Å². The van der Waals surface area contributed by atoms with Gasteiger partial charge >= 0.3 is 0 Å². The number of hydrogen-bond donors (Lipinski definition) is 3. The minimum atomic E-state index is -0.762. The van der Waals surface area contributed by atoms with E-state index in [4.69, 9.17) is 10.8 Å². The zero-order chi connectivity index (χ0) is 25.9. The predicted octanol–water partition coefficient (Wildman–Crippen LogP) is 3.62. The summed E-state index contributed by atoms with van der Waals surface area (Å²) >= 11 is 1.53. The molecule has 2 unspecified atom stereocenters. The third kappa shape index (κ3) is 6.41. The van der Waals surface area contributed by atoms with Gasteiger partial charge in [-0.15, -0.1) is 11.3 Å². The molecule has 1 fully saturated rings. The number of thiazole rings is 1. The lowest BCUT2D eigenvalue weighted by molar-refractivity contribution is -0.142. The number of carbonyl (C=O) groups excluding carboxylic acids is 2. The molecule has 0 saturated carbocycles. The smallest absolute Gasteiger partial charge is 0.259 e. The molecule has 1 aliphatic rings. The van der Waals surface area contributed by atoms with Crippen LogP contribution in [0.15, 0.2) is 35.5 Å². The number of likely N-dealkylation sites (tertiary alicyclic amines) is 1. The Bertz CT molecular complexity index is 1100. The van der Waals surface area contributed by atoms with Crippen molar-refractivity contribution in [1.29, 1.82) is 0 Å². The molecule has 0 spiro atoms. The van der Waals surface area contributed by atoms with Crippen molar-refractivity contribution in [3.05, 3.63) is 46.8 Å². The Hall–Kier alpha value is -2.91. The van der Waals surface area contributed by atoms with Crippen molar-refractivity contribution in [2.45, 2.75) is 65.6 Å². The number of aryl methyl sites for hydroxylation is 1. The van der Waals surface area contributed by atoms with Crippen LogP contribution in [0.3, 0.4) is 0 Å². The molecule has 8 nitrogen and oxygen atoms in total. The van der Waals surface area contributed by atoms with Crippen molar-refractivity contribution >= 4 is 23.2 Å². The molecule has 6 N–H and O–H groups in total. The predicted molar refractivity (Wildman–Crippen MR) is 139 cm³/mol. The molecule has 1 aromatic heterocycles. The number of benzene rings is 1. The van der Waals surface area contributed by atoms with Gasteiger partial charge in [0.2, 0.25) is 11.8 Å². The highest BCUT2D eigenvalue weighted by Crippen LogP contribution is 2.32. The van der Waals surface area contributed by atoms with Gasteiger partial charge in [-0.25, -0.2) is 4.98 Å². The second-order valence-electron chi connectivity index (χ2n) is 10.2. The lowest BCUT2D eigenvalue weighted by Gasteiger charge is -2.30. The highest BCUT2D eigenvalue weighted by atomic mass is 32.1. The fourth-order valence-electron chi connectivity index (χ4n) is 4.46. The summed E-state index contributed by atoms with van der Waals surface area (Å²) in [5.74, 6) is -1.14. The van der Waals surface area contributed by atoms with E-state index in [-0.39, 0.29) is 30.0 Å². The number of aliphatic hydroxyl groups excluding tert-OH is 1. The van der Waals surface area contributed by atoms with E-state index >= 15 is 0 Å². The van der Waals surface area contributed by atoms with E-state index < -0.39 is 17.5 Å². The van der Waals surface area contributed by atoms with Gasteiger partial charge in [-0.05, 0) is 51.7 Å². The first kappa shape index (κ1) is 26.7. The third-order valence-electron chi connectivity index (χ3n) is 6.18. The molecule has 1 aromatic carbocycles. The number of aliphatic hydroxyl groups is 1. The minimum Gasteiger partial charge on any atom is -0.593 e. The van der Waals surface area contributed by atoms with Gasteiger partial charge < -0.3 is 26.2 Å². The molecule has 9 heteroatoms. The number of hydrogen-bond acceptors (Lipinski definition) is 6. The molecular weight excluding hydrogens is 464 g/mol. The highest BCUT2D eigenvalue weighted by molar-refractivity contribution is 7.13. The maximum absolute atomic E-state index is 13.4. The SMILES string of the molecule is Cc1ncsc1-c1ccc(CNC(=O)C2CCCN2C(=O)C(/C(O)=C/C(C)(C)N)C(C)C)c([OH2+])c1.